The summed E-state index contributed by atoms with van der Waals surface area (Å²) in [4.78, 5) is 49.6. The molecule has 1 aromatic rings. The first-order valence-corrected chi connectivity index (χ1v) is 16.7. The van der Waals surface area contributed by atoms with Crippen LogP contribution in [0.4, 0.5) is 0 Å². The summed E-state index contributed by atoms with van der Waals surface area (Å²) in [5.41, 5.74) is 1.25. The van der Waals surface area contributed by atoms with E-state index in [0.29, 0.717) is 19.3 Å². The number of unbranched alkanes of at least 4 members (excludes halogenated alkanes) is 2. The lowest BCUT2D eigenvalue weighted by Crippen LogP contribution is -2.28. The minimum absolute atomic E-state index is 0.0574. The van der Waals surface area contributed by atoms with Crippen molar-refractivity contribution >= 4 is 35.5 Å². The van der Waals surface area contributed by atoms with Crippen molar-refractivity contribution in [3.05, 3.63) is 48.0 Å². The summed E-state index contributed by atoms with van der Waals surface area (Å²) in [7, 11) is 1.58. The normalized spacial score (nSPS) is 14.1. The van der Waals surface area contributed by atoms with E-state index in [9.17, 15) is 19.2 Å². The van der Waals surface area contributed by atoms with Gasteiger partial charge in [0.15, 0.2) is 0 Å². The molecule has 1 aromatic carbocycles. The van der Waals surface area contributed by atoms with Crippen LogP contribution >= 0.6 is 11.8 Å². The zero-order valence-corrected chi connectivity index (χ0v) is 27.5. The topological polar surface area (TPSA) is 105 Å². The number of ketones is 1. The van der Waals surface area contributed by atoms with Crippen molar-refractivity contribution in [1.82, 2.24) is 0 Å². The first-order chi connectivity index (χ1) is 20.7. The fraction of sp³-hybridized carbons (Fsp3) is 0.647. The van der Waals surface area contributed by atoms with Gasteiger partial charge < -0.3 is 18.9 Å². The van der Waals surface area contributed by atoms with Gasteiger partial charge in [-0.25, -0.2) is 0 Å². The highest BCUT2D eigenvalue weighted by molar-refractivity contribution is 7.98. The van der Waals surface area contributed by atoms with Crippen LogP contribution in [0.1, 0.15) is 104 Å². The molecule has 0 saturated heterocycles. The molecule has 0 fully saturated rings. The van der Waals surface area contributed by atoms with Crippen LogP contribution in [0.3, 0.4) is 0 Å². The molecule has 0 saturated carbocycles. The Hall–Kier alpha value is -2.65. The number of esters is 3. The maximum absolute atomic E-state index is 12.7. The van der Waals surface area contributed by atoms with Crippen molar-refractivity contribution in [1.29, 1.82) is 0 Å². The second-order valence-electron chi connectivity index (χ2n) is 10.9. The number of Topliss-reactive ketones (excluding diaryl/α,β-unsaturated/α-hetero) is 1. The fourth-order valence-electron chi connectivity index (χ4n) is 4.33. The van der Waals surface area contributed by atoms with Gasteiger partial charge in [-0.3, -0.25) is 19.2 Å². The van der Waals surface area contributed by atoms with Gasteiger partial charge in [0.05, 0.1) is 25.4 Å². The van der Waals surface area contributed by atoms with Crippen LogP contribution in [0.2, 0.25) is 0 Å². The molecule has 1 rings (SSSR count). The molecule has 0 amide bonds. The average Bonchev–Trinajstić information content (AvgIpc) is 2.95. The predicted molar refractivity (Wildman–Crippen MR) is 171 cm³/mol. The zero-order valence-electron chi connectivity index (χ0n) is 26.7. The Balaban J connectivity index is 2.51. The molecule has 0 aliphatic rings. The standard InChI is InChI=1S/C34H52O8S/c1-6-8-10-14-18-30(21-26(3)35)41-34(38)24-31(17-9-7-2)42-32(36)22-27(4)40-33(37)23-29(39-5)19-20-43-25-28-15-12-11-13-16-28/h10-16,27,29-31H,6-9,17-25H2,1-5H3. The van der Waals surface area contributed by atoms with E-state index in [4.69, 9.17) is 18.9 Å². The maximum Gasteiger partial charge on any atom is 0.309 e. The van der Waals surface area contributed by atoms with Crippen LogP contribution in [-0.2, 0) is 43.9 Å². The second kappa shape index (κ2) is 23.8. The van der Waals surface area contributed by atoms with E-state index in [1.807, 2.05) is 37.3 Å². The second-order valence-corrected chi connectivity index (χ2v) is 12.0. The highest BCUT2D eigenvalue weighted by atomic mass is 32.2. The number of allylic oxidation sites excluding steroid dienone is 1. The summed E-state index contributed by atoms with van der Waals surface area (Å²) in [6.45, 7) is 7.20. The van der Waals surface area contributed by atoms with Crippen molar-refractivity contribution in [3.8, 4) is 0 Å². The molecule has 9 heteroatoms. The molecule has 0 aliphatic heterocycles. The molecular weight excluding hydrogens is 568 g/mol. The number of methoxy groups -OCH3 is 1. The SMILES string of the molecule is CCCC=CCC(CC(C)=O)OC(=O)CC(CCCC)OC(=O)CC(C)OC(=O)CC(CCSCc1ccccc1)OC. The number of thioether (sulfide) groups is 1. The monoisotopic (exact) mass is 620 g/mol. The van der Waals surface area contributed by atoms with Gasteiger partial charge in [-0.1, -0.05) is 75.6 Å². The highest BCUT2D eigenvalue weighted by Crippen LogP contribution is 2.18. The minimum atomic E-state index is -0.682. The highest BCUT2D eigenvalue weighted by Gasteiger charge is 2.24. The quantitative estimate of drug-likeness (QED) is 0.0515. The molecule has 242 valence electrons. The number of carbonyl (C=O) groups excluding carboxylic acids is 4. The Bertz CT molecular complexity index is 964. The summed E-state index contributed by atoms with van der Waals surface area (Å²) >= 11 is 1.78. The van der Waals surface area contributed by atoms with E-state index in [0.717, 1.165) is 37.2 Å². The van der Waals surface area contributed by atoms with Crippen LogP contribution in [0.25, 0.3) is 0 Å². The lowest BCUT2D eigenvalue weighted by atomic mass is 10.1. The van der Waals surface area contributed by atoms with E-state index in [1.54, 1.807) is 25.8 Å². The van der Waals surface area contributed by atoms with Gasteiger partial charge in [-0.15, -0.1) is 0 Å². The number of carbonyl (C=O) groups is 4. The predicted octanol–water partition coefficient (Wildman–Crippen LogP) is 7.17. The molecular formula is C34H52O8S. The Morgan fingerprint density at radius 3 is 2.09 bits per heavy atom. The molecule has 0 bridgehead atoms. The Kier molecular flexibility index (Phi) is 21.2. The number of benzene rings is 1. The molecule has 43 heavy (non-hydrogen) atoms. The third kappa shape index (κ3) is 20.0. The van der Waals surface area contributed by atoms with Gasteiger partial charge in [0.25, 0.3) is 0 Å². The smallest absolute Gasteiger partial charge is 0.309 e. The number of ether oxygens (including phenoxy) is 4. The largest absolute Gasteiger partial charge is 0.462 e. The molecule has 0 N–H and O–H groups in total. The van der Waals surface area contributed by atoms with E-state index in [1.165, 1.54) is 12.5 Å². The summed E-state index contributed by atoms with van der Waals surface area (Å²) in [6.07, 6.45) is 7.09. The Morgan fingerprint density at radius 1 is 0.791 bits per heavy atom. The van der Waals surface area contributed by atoms with Crippen molar-refractivity contribution in [2.75, 3.05) is 12.9 Å². The molecule has 4 unspecified atom stereocenters. The maximum atomic E-state index is 12.7. The molecule has 0 spiro atoms. The third-order valence-corrected chi connectivity index (χ3v) is 7.68. The van der Waals surface area contributed by atoms with E-state index in [2.05, 4.69) is 19.1 Å². The first-order valence-electron chi connectivity index (χ1n) is 15.5. The van der Waals surface area contributed by atoms with Crippen molar-refractivity contribution in [2.45, 2.75) is 128 Å². The Labute approximate surface area is 262 Å². The summed E-state index contributed by atoms with van der Waals surface area (Å²) in [5.74, 6) is 0.199. The van der Waals surface area contributed by atoms with Gasteiger partial charge in [0, 0.05) is 25.7 Å². The number of rotatable bonds is 24. The van der Waals surface area contributed by atoms with Crippen LogP contribution in [0, 0.1) is 0 Å². The van der Waals surface area contributed by atoms with Gasteiger partial charge in [-0.2, -0.15) is 11.8 Å². The third-order valence-electron chi connectivity index (χ3n) is 6.62. The van der Waals surface area contributed by atoms with E-state index >= 15 is 0 Å². The minimum Gasteiger partial charge on any atom is -0.462 e. The van der Waals surface area contributed by atoms with Gasteiger partial charge in [0.2, 0.25) is 0 Å². The average molecular weight is 621 g/mol. The molecule has 4 atom stereocenters. The van der Waals surface area contributed by atoms with Crippen molar-refractivity contribution in [2.24, 2.45) is 0 Å². The molecule has 0 aromatic heterocycles. The van der Waals surface area contributed by atoms with Crippen molar-refractivity contribution in [3.63, 3.8) is 0 Å². The molecule has 0 aliphatic carbocycles. The number of hydrogen-bond acceptors (Lipinski definition) is 9. The fourth-order valence-corrected chi connectivity index (χ4v) is 5.33. The van der Waals surface area contributed by atoms with E-state index < -0.39 is 36.2 Å². The lowest BCUT2D eigenvalue weighted by molar-refractivity contribution is -0.161. The Morgan fingerprint density at radius 2 is 1.44 bits per heavy atom. The van der Waals surface area contributed by atoms with E-state index in [-0.39, 0.29) is 37.6 Å². The van der Waals surface area contributed by atoms with Crippen LogP contribution in [0.5, 0.6) is 0 Å². The number of hydrogen-bond donors (Lipinski definition) is 0. The van der Waals surface area contributed by atoms with Gasteiger partial charge >= 0.3 is 17.9 Å². The van der Waals surface area contributed by atoms with Crippen LogP contribution < -0.4 is 0 Å². The van der Waals surface area contributed by atoms with Gasteiger partial charge in [-0.05, 0) is 44.4 Å². The van der Waals surface area contributed by atoms with Crippen LogP contribution in [0.15, 0.2) is 42.5 Å². The lowest BCUT2D eigenvalue weighted by Gasteiger charge is -2.21. The van der Waals surface area contributed by atoms with Crippen LogP contribution in [-0.4, -0.2) is 61.0 Å². The van der Waals surface area contributed by atoms with Crippen molar-refractivity contribution < 1.29 is 38.1 Å². The molecule has 8 nitrogen and oxygen atoms in total. The molecule has 0 radical (unpaired) electrons. The first kappa shape index (κ1) is 38.4. The molecule has 0 heterocycles. The zero-order chi connectivity index (χ0) is 31.9. The summed E-state index contributed by atoms with van der Waals surface area (Å²) in [6, 6.07) is 10.2. The van der Waals surface area contributed by atoms with Gasteiger partial charge in [0.1, 0.15) is 24.1 Å². The summed E-state index contributed by atoms with van der Waals surface area (Å²) < 4.78 is 22.1. The summed E-state index contributed by atoms with van der Waals surface area (Å²) in [5, 5.41) is 0.